The number of hydrogen-bond acceptors (Lipinski definition) is 7. The molecule has 3 unspecified atom stereocenters. The van der Waals surface area contributed by atoms with Crippen LogP contribution in [0.15, 0.2) is 30.3 Å². The van der Waals surface area contributed by atoms with Gasteiger partial charge in [0, 0.05) is 17.9 Å². The van der Waals surface area contributed by atoms with E-state index in [2.05, 4.69) is 41.2 Å². The van der Waals surface area contributed by atoms with E-state index in [-0.39, 0.29) is 17.9 Å². The van der Waals surface area contributed by atoms with E-state index in [0.29, 0.717) is 0 Å². The number of hydrogen-bond donors (Lipinski definition) is 7. The van der Waals surface area contributed by atoms with Gasteiger partial charge in [-0.2, -0.15) is 25.3 Å². The van der Waals surface area contributed by atoms with Gasteiger partial charge in [0.1, 0.15) is 12.1 Å². The number of aliphatic carboxylic acids is 1. The maximum absolute atomic E-state index is 12.5. The van der Waals surface area contributed by atoms with Crippen LogP contribution in [0.2, 0.25) is 0 Å². The van der Waals surface area contributed by atoms with Gasteiger partial charge in [-0.3, -0.25) is 14.4 Å². The third-order valence-corrected chi connectivity index (χ3v) is 4.45. The second kappa shape index (κ2) is 12.3. The highest BCUT2D eigenvalue weighted by atomic mass is 32.1. The Balaban J connectivity index is 2.73. The van der Waals surface area contributed by atoms with Gasteiger partial charge in [0.15, 0.2) is 0 Å². The molecule has 0 aliphatic rings. The number of carboxylic acid groups (broad SMARTS) is 1. The number of carbonyl (C=O) groups excluding carboxylic acids is 3. The van der Waals surface area contributed by atoms with Crippen LogP contribution >= 0.6 is 25.3 Å². The molecule has 1 aromatic carbocycles. The summed E-state index contributed by atoms with van der Waals surface area (Å²) in [6.45, 7) is -0.448. The van der Waals surface area contributed by atoms with Gasteiger partial charge in [-0.15, -0.1) is 0 Å². The molecule has 0 saturated heterocycles. The highest BCUT2D eigenvalue weighted by Gasteiger charge is 2.25. The molecule has 0 aromatic heterocycles. The number of carboxylic acids is 1. The molecule has 0 heterocycles. The lowest BCUT2D eigenvalue weighted by Crippen LogP contribution is -2.54. The summed E-state index contributed by atoms with van der Waals surface area (Å²) in [6, 6.07) is 5.98. The van der Waals surface area contributed by atoms with E-state index >= 15 is 0 Å². The lowest BCUT2D eigenvalue weighted by Gasteiger charge is -2.20. The lowest BCUT2D eigenvalue weighted by atomic mass is 10.0. The molecule has 0 bridgehead atoms. The highest BCUT2D eigenvalue weighted by molar-refractivity contribution is 7.80. The molecule has 28 heavy (non-hydrogen) atoms. The van der Waals surface area contributed by atoms with Crippen LogP contribution in [-0.2, 0) is 25.6 Å². The molecule has 0 radical (unpaired) electrons. The predicted molar refractivity (Wildman–Crippen MR) is 110 cm³/mol. The van der Waals surface area contributed by atoms with Crippen molar-refractivity contribution in [2.45, 2.75) is 24.5 Å². The van der Waals surface area contributed by atoms with E-state index < -0.39 is 48.4 Å². The van der Waals surface area contributed by atoms with Gasteiger partial charge in [-0.25, -0.2) is 4.79 Å². The van der Waals surface area contributed by atoms with E-state index in [4.69, 9.17) is 10.8 Å². The maximum Gasteiger partial charge on any atom is 0.327 e. The molecule has 3 amide bonds. The van der Waals surface area contributed by atoms with Gasteiger partial charge in [-0.05, 0) is 5.56 Å². The fourth-order valence-electron chi connectivity index (χ4n) is 2.14. The van der Waals surface area contributed by atoms with E-state index in [1.807, 2.05) is 6.07 Å². The topological polar surface area (TPSA) is 151 Å². The fourth-order valence-corrected chi connectivity index (χ4v) is 2.56. The monoisotopic (exact) mass is 428 g/mol. The molecule has 0 spiro atoms. The first kappa shape index (κ1) is 23.8. The molecule has 154 valence electrons. The lowest BCUT2D eigenvalue weighted by molar-refractivity contribution is -0.141. The summed E-state index contributed by atoms with van der Waals surface area (Å²) in [7, 11) is 0. The molecule has 0 saturated carbocycles. The number of nitrogens with one attached hydrogen (secondary N) is 3. The molecule has 0 fully saturated rings. The van der Waals surface area contributed by atoms with Crippen LogP contribution in [0, 0.1) is 0 Å². The number of thiol groups is 2. The second-order valence-corrected chi connectivity index (χ2v) is 6.63. The first-order valence-electron chi connectivity index (χ1n) is 8.40. The van der Waals surface area contributed by atoms with Crippen molar-refractivity contribution in [2.75, 3.05) is 18.1 Å². The Bertz CT molecular complexity index is 689. The van der Waals surface area contributed by atoms with Crippen molar-refractivity contribution < 1.29 is 24.3 Å². The van der Waals surface area contributed by atoms with Crippen molar-refractivity contribution in [3.05, 3.63) is 35.9 Å². The van der Waals surface area contributed by atoms with Gasteiger partial charge in [0.05, 0.1) is 12.6 Å². The number of benzene rings is 1. The molecule has 0 aliphatic heterocycles. The fraction of sp³-hybridized carbons (Fsp3) is 0.412. The minimum atomic E-state index is -1.23. The quantitative estimate of drug-likeness (QED) is 0.215. The summed E-state index contributed by atoms with van der Waals surface area (Å²) in [5.74, 6) is -3.05. The third-order valence-electron chi connectivity index (χ3n) is 3.69. The number of carbonyl (C=O) groups is 4. The highest BCUT2D eigenvalue weighted by Crippen LogP contribution is 2.04. The summed E-state index contributed by atoms with van der Waals surface area (Å²) in [5.41, 5.74) is 6.43. The van der Waals surface area contributed by atoms with Gasteiger partial charge in [0.25, 0.3) is 0 Å². The summed E-state index contributed by atoms with van der Waals surface area (Å²) >= 11 is 7.80. The Morgan fingerprint density at radius 3 is 2.14 bits per heavy atom. The van der Waals surface area contributed by atoms with Crippen LogP contribution in [0.25, 0.3) is 0 Å². The standard InChI is InChI=1S/C17H24N4O5S2/c18-11(8-27)15(23)21-12(6-10-4-2-1-3-5-10)16(24)19-7-14(22)20-13(9-28)17(25)26/h1-5,11-13,27-28H,6-9,18H2,(H,19,24)(H,20,22)(H,21,23)(H,25,26). The van der Waals surface area contributed by atoms with Crippen LogP contribution in [0.3, 0.4) is 0 Å². The zero-order chi connectivity index (χ0) is 21.1. The van der Waals surface area contributed by atoms with Crippen molar-refractivity contribution in [3.63, 3.8) is 0 Å². The van der Waals surface area contributed by atoms with Crippen LogP contribution in [-0.4, -0.2) is 65.0 Å². The van der Waals surface area contributed by atoms with Gasteiger partial charge in [0.2, 0.25) is 17.7 Å². The summed E-state index contributed by atoms with van der Waals surface area (Å²) in [4.78, 5) is 47.3. The second-order valence-electron chi connectivity index (χ2n) is 5.90. The first-order valence-corrected chi connectivity index (χ1v) is 9.66. The zero-order valence-corrected chi connectivity index (χ0v) is 16.8. The summed E-state index contributed by atoms with van der Waals surface area (Å²) in [6.07, 6.45) is 0.188. The Kier molecular flexibility index (Phi) is 10.4. The van der Waals surface area contributed by atoms with Crippen molar-refractivity contribution in [2.24, 2.45) is 5.73 Å². The Morgan fingerprint density at radius 2 is 1.61 bits per heavy atom. The maximum atomic E-state index is 12.5. The van der Waals surface area contributed by atoms with Gasteiger partial charge in [-0.1, -0.05) is 30.3 Å². The van der Waals surface area contributed by atoms with Gasteiger partial charge < -0.3 is 26.8 Å². The number of amides is 3. The first-order chi connectivity index (χ1) is 13.3. The van der Waals surface area contributed by atoms with Crippen molar-refractivity contribution in [1.82, 2.24) is 16.0 Å². The minimum Gasteiger partial charge on any atom is -0.480 e. The Hall–Kier alpha value is -2.24. The zero-order valence-electron chi connectivity index (χ0n) is 15.0. The number of nitrogens with two attached hydrogens (primary N) is 1. The summed E-state index contributed by atoms with van der Waals surface area (Å²) < 4.78 is 0. The molecule has 3 atom stereocenters. The van der Waals surface area contributed by atoms with Crippen molar-refractivity contribution >= 4 is 48.9 Å². The molecular weight excluding hydrogens is 404 g/mol. The Morgan fingerprint density at radius 1 is 0.964 bits per heavy atom. The third kappa shape index (κ3) is 8.19. The Labute approximate surface area is 173 Å². The minimum absolute atomic E-state index is 0.0939. The van der Waals surface area contributed by atoms with E-state index in [0.717, 1.165) is 5.56 Å². The number of rotatable bonds is 11. The van der Waals surface area contributed by atoms with Crippen LogP contribution < -0.4 is 21.7 Å². The average molecular weight is 429 g/mol. The van der Waals surface area contributed by atoms with Crippen LogP contribution in [0.1, 0.15) is 5.56 Å². The van der Waals surface area contributed by atoms with E-state index in [1.165, 1.54) is 0 Å². The predicted octanol–water partition coefficient (Wildman–Crippen LogP) is -1.41. The van der Waals surface area contributed by atoms with Crippen LogP contribution in [0.5, 0.6) is 0 Å². The van der Waals surface area contributed by atoms with Crippen molar-refractivity contribution in [1.29, 1.82) is 0 Å². The molecule has 1 rings (SSSR count). The summed E-state index contributed by atoms with van der Waals surface area (Å²) in [5, 5.41) is 16.1. The normalized spacial score (nSPS) is 13.7. The smallest absolute Gasteiger partial charge is 0.327 e. The van der Waals surface area contributed by atoms with Crippen LogP contribution in [0.4, 0.5) is 0 Å². The SMILES string of the molecule is NC(CS)C(=O)NC(Cc1ccccc1)C(=O)NCC(=O)NC(CS)C(=O)O. The molecule has 6 N–H and O–H groups in total. The molecular formula is C17H24N4O5S2. The van der Waals surface area contributed by atoms with Gasteiger partial charge >= 0.3 is 5.97 Å². The average Bonchev–Trinajstić information content (AvgIpc) is 2.69. The molecule has 1 aromatic rings. The molecule has 9 nitrogen and oxygen atoms in total. The largest absolute Gasteiger partial charge is 0.480 e. The van der Waals surface area contributed by atoms with E-state index in [9.17, 15) is 19.2 Å². The molecule has 11 heteroatoms. The van der Waals surface area contributed by atoms with E-state index in [1.54, 1.807) is 24.3 Å². The van der Waals surface area contributed by atoms with Crippen molar-refractivity contribution in [3.8, 4) is 0 Å². The molecule has 0 aliphatic carbocycles.